The fourth-order valence-electron chi connectivity index (χ4n) is 4.29. The number of hydrogen-bond donors (Lipinski definition) is 1. The van der Waals surface area contributed by atoms with Gasteiger partial charge in [-0.3, -0.25) is 4.31 Å². The van der Waals surface area contributed by atoms with Crippen molar-refractivity contribution < 1.29 is 27.4 Å². The number of ether oxygens (including phenoxy) is 1. The lowest BCUT2D eigenvalue weighted by Crippen LogP contribution is -2.58. The maximum absolute atomic E-state index is 17.2. The molecule has 0 saturated heterocycles. The highest BCUT2D eigenvalue weighted by molar-refractivity contribution is 7.92. The van der Waals surface area contributed by atoms with E-state index in [0.717, 1.165) is 9.87 Å². The molecule has 1 heterocycles. The number of anilines is 1. The summed E-state index contributed by atoms with van der Waals surface area (Å²) in [5, 5.41) is 11.3. The Balaban J connectivity index is 2.05. The lowest BCUT2D eigenvalue weighted by Gasteiger charge is -2.47. The molecule has 0 radical (unpaired) electrons. The number of aryl methyl sites for hydroxylation is 1. The number of alkyl halides is 1. The molecule has 1 aliphatic heterocycles. The molecule has 0 amide bonds. The number of carbonyl (C=O) groups excluding carboxylic acids is 1. The summed E-state index contributed by atoms with van der Waals surface area (Å²) in [7, 11) is -4.39. The van der Waals surface area contributed by atoms with E-state index in [2.05, 4.69) is 0 Å². The summed E-state index contributed by atoms with van der Waals surface area (Å²) >= 11 is 0. The SMILES string of the molecule is Cc1ccc(S(=O)(=O)N2c3ccccc3[C@H](O)[C@@](F)(C(=O)OC(C)(C)C)[C@H]2c2ccccc2)cc1. The van der Waals surface area contributed by atoms with Crippen molar-refractivity contribution in [3.8, 4) is 0 Å². The van der Waals surface area contributed by atoms with Crippen molar-refractivity contribution in [3.05, 3.63) is 95.6 Å². The zero-order valence-electron chi connectivity index (χ0n) is 20.0. The fourth-order valence-corrected chi connectivity index (χ4v) is 5.97. The van der Waals surface area contributed by atoms with Crippen molar-refractivity contribution in [1.82, 2.24) is 0 Å². The first-order valence-electron chi connectivity index (χ1n) is 11.2. The molecule has 3 aromatic carbocycles. The van der Waals surface area contributed by atoms with E-state index in [1.807, 2.05) is 6.92 Å². The second kappa shape index (κ2) is 8.77. The average Bonchev–Trinajstić information content (AvgIpc) is 2.80. The van der Waals surface area contributed by atoms with E-state index in [0.29, 0.717) is 0 Å². The topological polar surface area (TPSA) is 83.9 Å². The Kier molecular flexibility index (Phi) is 6.23. The molecule has 0 fully saturated rings. The summed E-state index contributed by atoms with van der Waals surface area (Å²) in [4.78, 5) is 13.3. The lowest BCUT2D eigenvalue weighted by molar-refractivity contribution is -0.182. The molecule has 6 nitrogen and oxygen atoms in total. The summed E-state index contributed by atoms with van der Waals surface area (Å²) < 4.78 is 51.7. The number of halogens is 1. The van der Waals surface area contributed by atoms with Crippen LogP contribution in [0.5, 0.6) is 0 Å². The van der Waals surface area contributed by atoms with Crippen molar-refractivity contribution >= 4 is 21.7 Å². The summed E-state index contributed by atoms with van der Waals surface area (Å²) in [6, 6.07) is 18.5. The molecule has 0 aliphatic carbocycles. The summed E-state index contributed by atoms with van der Waals surface area (Å²) in [5.41, 5.74) is -3.10. The average molecular weight is 498 g/mol. The van der Waals surface area contributed by atoms with Crippen LogP contribution in [0.1, 0.15) is 49.6 Å². The fraction of sp³-hybridized carbons (Fsp3) is 0.296. The molecule has 0 bridgehead atoms. The van der Waals surface area contributed by atoms with Gasteiger partial charge in [-0.25, -0.2) is 17.6 Å². The van der Waals surface area contributed by atoms with Gasteiger partial charge in [-0.2, -0.15) is 0 Å². The number of carbonyl (C=O) groups is 1. The number of sulfonamides is 1. The van der Waals surface area contributed by atoms with Gasteiger partial charge in [0, 0.05) is 5.56 Å². The molecular formula is C27H28FNO5S. The molecule has 8 heteroatoms. The van der Waals surface area contributed by atoms with Gasteiger partial charge < -0.3 is 9.84 Å². The predicted molar refractivity (Wildman–Crippen MR) is 131 cm³/mol. The highest BCUT2D eigenvalue weighted by Crippen LogP contribution is 2.54. The second-order valence-electron chi connectivity index (χ2n) is 9.66. The van der Waals surface area contributed by atoms with E-state index >= 15 is 4.39 Å². The molecule has 4 rings (SSSR count). The van der Waals surface area contributed by atoms with Crippen molar-refractivity contribution in [2.75, 3.05) is 4.31 Å². The highest BCUT2D eigenvalue weighted by Gasteiger charge is 2.63. The Labute approximate surface area is 205 Å². The van der Waals surface area contributed by atoms with Crippen LogP contribution < -0.4 is 4.31 Å². The smallest absolute Gasteiger partial charge is 0.350 e. The molecule has 1 aliphatic rings. The van der Waals surface area contributed by atoms with Gasteiger partial charge in [0.1, 0.15) is 17.7 Å². The molecule has 0 unspecified atom stereocenters. The van der Waals surface area contributed by atoms with Crippen LogP contribution in [0.2, 0.25) is 0 Å². The molecule has 0 saturated carbocycles. The number of rotatable bonds is 4. The van der Waals surface area contributed by atoms with Crippen molar-refractivity contribution in [1.29, 1.82) is 0 Å². The third-order valence-corrected chi connectivity index (χ3v) is 7.70. The Hall–Kier alpha value is -3.23. The van der Waals surface area contributed by atoms with Crippen LogP contribution in [-0.2, 0) is 19.6 Å². The number of nitrogens with zero attached hydrogens (tertiary/aromatic N) is 1. The summed E-state index contributed by atoms with van der Waals surface area (Å²) in [6.45, 7) is 6.56. The minimum absolute atomic E-state index is 0.0243. The molecule has 0 aromatic heterocycles. The zero-order chi connectivity index (χ0) is 25.6. The van der Waals surface area contributed by atoms with Gasteiger partial charge >= 0.3 is 5.97 Å². The zero-order valence-corrected chi connectivity index (χ0v) is 20.8. The van der Waals surface area contributed by atoms with Gasteiger partial charge in [-0.05, 0) is 51.5 Å². The van der Waals surface area contributed by atoms with E-state index in [-0.39, 0.29) is 21.7 Å². The Morgan fingerprint density at radius 2 is 1.54 bits per heavy atom. The Bertz CT molecular complexity index is 1340. The number of aliphatic hydroxyl groups excluding tert-OH is 1. The first-order valence-corrected chi connectivity index (χ1v) is 12.7. The van der Waals surface area contributed by atoms with E-state index in [1.165, 1.54) is 36.4 Å². The van der Waals surface area contributed by atoms with Crippen molar-refractivity contribution in [2.45, 2.75) is 56.0 Å². The van der Waals surface area contributed by atoms with Gasteiger partial charge in [-0.15, -0.1) is 0 Å². The summed E-state index contributed by atoms with van der Waals surface area (Å²) in [5.74, 6) is -1.34. The maximum atomic E-state index is 17.2. The monoisotopic (exact) mass is 497 g/mol. The van der Waals surface area contributed by atoms with Crippen molar-refractivity contribution in [2.24, 2.45) is 0 Å². The van der Waals surface area contributed by atoms with E-state index in [1.54, 1.807) is 63.2 Å². The van der Waals surface area contributed by atoms with Gasteiger partial charge in [0.2, 0.25) is 0 Å². The molecule has 35 heavy (non-hydrogen) atoms. The number of fused-ring (bicyclic) bond motifs is 1. The minimum Gasteiger partial charge on any atom is -0.457 e. The molecule has 184 valence electrons. The van der Waals surface area contributed by atoms with E-state index in [4.69, 9.17) is 4.74 Å². The van der Waals surface area contributed by atoms with Crippen LogP contribution in [0, 0.1) is 6.92 Å². The van der Waals surface area contributed by atoms with E-state index in [9.17, 15) is 18.3 Å². The maximum Gasteiger partial charge on any atom is 0.350 e. The van der Waals surface area contributed by atoms with Gasteiger partial charge in [0.05, 0.1) is 10.6 Å². The van der Waals surface area contributed by atoms with Gasteiger partial charge in [0.15, 0.2) is 0 Å². The first-order chi connectivity index (χ1) is 16.4. The number of hydrogen-bond acceptors (Lipinski definition) is 5. The first kappa shape index (κ1) is 24.9. The Morgan fingerprint density at radius 3 is 2.14 bits per heavy atom. The second-order valence-corrected chi connectivity index (χ2v) is 11.5. The molecule has 3 atom stereocenters. The molecule has 0 spiro atoms. The Morgan fingerprint density at radius 1 is 0.971 bits per heavy atom. The van der Waals surface area contributed by atoms with Crippen LogP contribution in [0.25, 0.3) is 0 Å². The van der Waals surface area contributed by atoms with Gasteiger partial charge in [-0.1, -0.05) is 66.2 Å². The van der Waals surface area contributed by atoms with E-state index < -0.39 is 39.4 Å². The van der Waals surface area contributed by atoms with Crippen molar-refractivity contribution in [3.63, 3.8) is 0 Å². The van der Waals surface area contributed by atoms with Gasteiger partial charge in [0.25, 0.3) is 15.7 Å². The van der Waals surface area contributed by atoms with Crippen LogP contribution in [0.15, 0.2) is 83.8 Å². The standard InChI is InChI=1S/C27H28FNO5S/c1-18-14-16-20(17-15-18)35(32,33)29-22-13-9-8-12-21(22)24(30)27(28,25(31)34-26(2,3)4)23(29)19-10-6-5-7-11-19/h5-17,23-24,30H,1-4H3/t23-,24+,27-/m1/s1. The van der Waals surface area contributed by atoms with Crippen LogP contribution in [0.4, 0.5) is 10.1 Å². The number of aliphatic hydroxyl groups is 1. The largest absolute Gasteiger partial charge is 0.457 e. The number of para-hydroxylation sites is 1. The number of esters is 1. The molecule has 3 aromatic rings. The molecule has 1 N–H and O–H groups in total. The third-order valence-electron chi connectivity index (χ3n) is 5.90. The minimum atomic E-state index is -4.39. The third kappa shape index (κ3) is 4.32. The van der Waals surface area contributed by atoms with Crippen LogP contribution >= 0.6 is 0 Å². The number of benzene rings is 3. The highest BCUT2D eigenvalue weighted by atomic mass is 32.2. The normalized spacial score (nSPS) is 22.4. The van der Waals surface area contributed by atoms with Crippen LogP contribution in [0.3, 0.4) is 0 Å². The quantitative estimate of drug-likeness (QED) is 0.511. The summed E-state index contributed by atoms with van der Waals surface area (Å²) in [6.07, 6.45) is -1.97. The predicted octanol–water partition coefficient (Wildman–Crippen LogP) is 5.03. The lowest BCUT2D eigenvalue weighted by atomic mass is 9.78. The molecular weight excluding hydrogens is 469 g/mol. The van der Waals surface area contributed by atoms with Crippen LogP contribution in [-0.4, -0.2) is 30.8 Å².